The summed E-state index contributed by atoms with van der Waals surface area (Å²) in [5, 5.41) is 0. The monoisotopic (exact) mass is 314 g/mol. The standard InChI is InChI=1S/C22H34O/c1-3-5-6-7-9-16-22(17-10-8-11-18-22)20-14-12-19(13-15-20)21(23)4-2/h12-15H,3-11,16-18H2,1-2H3. The van der Waals surface area contributed by atoms with E-state index in [1.807, 2.05) is 6.92 Å². The molecule has 0 heterocycles. The van der Waals surface area contributed by atoms with E-state index in [9.17, 15) is 4.79 Å². The second kappa shape index (κ2) is 9.25. The van der Waals surface area contributed by atoms with E-state index >= 15 is 0 Å². The molecule has 128 valence electrons. The van der Waals surface area contributed by atoms with Crippen LogP contribution < -0.4 is 0 Å². The van der Waals surface area contributed by atoms with Crippen LogP contribution in [0.1, 0.15) is 107 Å². The molecule has 23 heavy (non-hydrogen) atoms. The molecule has 0 unspecified atom stereocenters. The van der Waals surface area contributed by atoms with Crippen molar-refractivity contribution in [2.75, 3.05) is 0 Å². The van der Waals surface area contributed by atoms with Gasteiger partial charge in [0.25, 0.3) is 0 Å². The Hall–Kier alpha value is -1.11. The largest absolute Gasteiger partial charge is 0.294 e. The van der Waals surface area contributed by atoms with Crippen molar-refractivity contribution in [3.8, 4) is 0 Å². The van der Waals surface area contributed by atoms with Gasteiger partial charge < -0.3 is 0 Å². The second-order valence-corrected chi connectivity index (χ2v) is 7.36. The van der Waals surface area contributed by atoms with E-state index in [-0.39, 0.29) is 5.78 Å². The second-order valence-electron chi connectivity index (χ2n) is 7.36. The average molecular weight is 315 g/mol. The highest BCUT2D eigenvalue weighted by Crippen LogP contribution is 2.43. The van der Waals surface area contributed by atoms with E-state index < -0.39 is 0 Å². The van der Waals surface area contributed by atoms with Crippen LogP contribution in [-0.2, 0) is 5.41 Å². The Kier molecular flexibility index (Phi) is 7.33. The zero-order chi connectivity index (χ0) is 16.5. The Balaban J connectivity index is 2.06. The minimum atomic E-state index is 0.258. The summed E-state index contributed by atoms with van der Waals surface area (Å²) in [5.74, 6) is 0.258. The zero-order valence-corrected chi connectivity index (χ0v) is 15.2. The van der Waals surface area contributed by atoms with Crippen LogP contribution in [0.4, 0.5) is 0 Å². The van der Waals surface area contributed by atoms with E-state index in [0.717, 1.165) is 5.56 Å². The average Bonchev–Trinajstić information content (AvgIpc) is 2.62. The smallest absolute Gasteiger partial charge is 0.162 e. The van der Waals surface area contributed by atoms with Gasteiger partial charge in [-0.1, -0.05) is 89.5 Å². The number of benzene rings is 1. The third kappa shape index (κ3) is 4.93. The molecular formula is C22H34O. The van der Waals surface area contributed by atoms with Crippen molar-refractivity contribution >= 4 is 5.78 Å². The number of ketones is 1. The van der Waals surface area contributed by atoms with Gasteiger partial charge in [-0.25, -0.2) is 0 Å². The quantitative estimate of drug-likeness (QED) is 0.360. The van der Waals surface area contributed by atoms with Crippen LogP contribution in [-0.4, -0.2) is 5.78 Å². The number of hydrogen-bond donors (Lipinski definition) is 0. The van der Waals surface area contributed by atoms with Crippen LogP contribution in [0.2, 0.25) is 0 Å². The van der Waals surface area contributed by atoms with Gasteiger partial charge in [0.1, 0.15) is 0 Å². The Morgan fingerprint density at radius 1 is 0.913 bits per heavy atom. The van der Waals surface area contributed by atoms with Crippen LogP contribution in [0.3, 0.4) is 0 Å². The molecule has 1 saturated carbocycles. The molecule has 0 N–H and O–H groups in total. The van der Waals surface area contributed by atoms with Gasteiger partial charge in [0.05, 0.1) is 0 Å². The molecule has 0 aromatic heterocycles. The van der Waals surface area contributed by atoms with Crippen LogP contribution >= 0.6 is 0 Å². The third-order valence-electron chi connectivity index (χ3n) is 5.71. The maximum Gasteiger partial charge on any atom is 0.162 e. The molecule has 0 aliphatic heterocycles. The first-order chi connectivity index (χ1) is 11.2. The molecule has 1 aliphatic carbocycles. The number of Topliss-reactive ketones (excluding diaryl/α,β-unsaturated/α-hetero) is 1. The summed E-state index contributed by atoms with van der Waals surface area (Å²) < 4.78 is 0. The van der Waals surface area contributed by atoms with E-state index in [0.29, 0.717) is 11.8 Å². The number of carbonyl (C=O) groups is 1. The molecule has 1 fully saturated rings. The summed E-state index contributed by atoms with van der Waals surface area (Å²) in [4.78, 5) is 11.9. The van der Waals surface area contributed by atoms with Crippen molar-refractivity contribution < 1.29 is 4.79 Å². The zero-order valence-electron chi connectivity index (χ0n) is 15.2. The van der Waals surface area contributed by atoms with Crippen LogP contribution in [0.25, 0.3) is 0 Å². The molecule has 0 spiro atoms. The molecular weight excluding hydrogens is 280 g/mol. The minimum Gasteiger partial charge on any atom is -0.294 e. The first kappa shape index (κ1) is 18.2. The van der Waals surface area contributed by atoms with Gasteiger partial charge in [-0.2, -0.15) is 0 Å². The summed E-state index contributed by atoms with van der Waals surface area (Å²) in [7, 11) is 0. The normalized spacial score (nSPS) is 17.1. The summed E-state index contributed by atoms with van der Waals surface area (Å²) >= 11 is 0. The highest BCUT2D eigenvalue weighted by Gasteiger charge is 2.33. The van der Waals surface area contributed by atoms with E-state index in [2.05, 4.69) is 31.2 Å². The van der Waals surface area contributed by atoms with Gasteiger partial charge in [0, 0.05) is 12.0 Å². The predicted octanol–water partition coefficient (Wildman–Crippen LogP) is 6.84. The number of hydrogen-bond acceptors (Lipinski definition) is 1. The van der Waals surface area contributed by atoms with Crippen molar-refractivity contribution in [1.82, 2.24) is 0 Å². The lowest BCUT2D eigenvalue weighted by atomic mass is 9.66. The van der Waals surface area contributed by atoms with Gasteiger partial charge in [0.15, 0.2) is 5.78 Å². The van der Waals surface area contributed by atoms with Gasteiger partial charge >= 0.3 is 0 Å². The molecule has 0 amide bonds. The summed E-state index contributed by atoms with van der Waals surface area (Å²) in [5.41, 5.74) is 2.75. The van der Waals surface area contributed by atoms with Gasteiger partial charge in [-0.15, -0.1) is 0 Å². The first-order valence-corrected chi connectivity index (χ1v) is 9.85. The number of rotatable bonds is 9. The topological polar surface area (TPSA) is 17.1 Å². The lowest BCUT2D eigenvalue weighted by molar-refractivity contribution is 0.0988. The highest BCUT2D eigenvalue weighted by molar-refractivity contribution is 5.95. The lowest BCUT2D eigenvalue weighted by Gasteiger charge is -2.38. The SMILES string of the molecule is CCCCCCCC1(c2ccc(C(=O)CC)cc2)CCCCC1. The van der Waals surface area contributed by atoms with Crippen LogP contribution in [0.5, 0.6) is 0 Å². The van der Waals surface area contributed by atoms with Crippen LogP contribution in [0.15, 0.2) is 24.3 Å². The van der Waals surface area contributed by atoms with Gasteiger partial charge in [-0.05, 0) is 30.2 Å². The molecule has 0 bridgehead atoms. The first-order valence-electron chi connectivity index (χ1n) is 9.85. The fourth-order valence-corrected chi connectivity index (χ4v) is 4.19. The number of unbranched alkanes of at least 4 members (excludes halogenated alkanes) is 4. The van der Waals surface area contributed by atoms with Crippen molar-refractivity contribution in [3.63, 3.8) is 0 Å². The molecule has 1 aromatic carbocycles. The Morgan fingerprint density at radius 3 is 2.17 bits per heavy atom. The van der Waals surface area contributed by atoms with Crippen molar-refractivity contribution in [2.24, 2.45) is 0 Å². The lowest BCUT2D eigenvalue weighted by Crippen LogP contribution is -2.29. The maximum absolute atomic E-state index is 11.9. The Labute approximate surface area is 142 Å². The molecule has 1 nitrogen and oxygen atoms in total. The fourth-order valence-electron chi connectivity index (χ4n) is 4.19. The van der Waals surface area contributed by atoms with Gasteiger partial charge in [-0.3, -0.25) is 4.79 Å². The Morgan fingerprint density at radius 2 is 1.57 bits per heavy atom. The fraction of sp³-hybridized carbons (Fsp3) is 0.682. The molecule has 0 radical (unpaired) electrons. The maximum atomic E-state index is 11.9. The third-order valence-corrected chi connectivity index (χ3v) is 5.71. The minimum absolute atomic E-state index is 0.258. The van der Waals surface area contributed by atoms with Gasteiger partial charge in [0.2, 0.25) is 0 Å². The van der Waals surface area contributed by atoms with E-state index in [1.165, 1.54) is 76.2 Å². The Bertz CT molecular complexity index is 465. The summed E-state index contributed by atoms with van der Waals surface area (Å²) in [6, 6.07) is 8.63. The van der Waals surface area contributed by atoms with E-state index in [1.54, 1.807) is 0 Å². The molecule has 1 aliphatic rings. The predicted molar refractivity (Wildman–Crippen MR) is 99.2 cm³/mol. The summed E-state index contributed by atoms with van der Waals surface area (Å²) in [6.07, 6.45) is 15.5. The molecule has 2 rings (SSSR count). The van der Waals surface area contributed by atoms with Crippen LogP contribution in [0, 0.1) is 0 Å². The van der Waals surface area contributed by atoms with Crippen molar-refractivity contribution in [1.29, 1.82) is 0 Å². The molecule has 1 heteroatoms. The van der Waals surface area contributed by atoms with Crippen molar-refractivity contribution in [2.45, 2.75) is 96.3 Å². The highest BCUT2D eigenvalue weighted by atomic mass is 16.1. The summed E-state index contributed by atoms with van der Waals surface area (Å²) in [6.45, 7) is 4.22. The van der Waals surface area contributed by atoms with E-state index in [4.69, 9.17) is 0 Å². The molecule has 1 aromatic rings. The van der Waals surface area contributed by atoms with Crippen molar-refractivity contribution in [3.05, 3.63) is 35.4 Å². The number of carbonyl (C=O) groups excluding carboxylic acids is 1. The molecule has 0 saturated heterocycles. The molecule has 0 atom stereocenters.